The van der Waals surface area contributed by atoms with Crippen molar-refractivity contribution < 1.29 is 9.21 Å². The topological polar surface area (TPSA) is 68.0 Å². The van der Waals surface area contributed by atoms with Gasteiger partial charge in [0.05, 0.1) is 11.9 Å². The molecule has 5 nitrogen and oxygen atoms in total. The van der Waals surface area contributed by atoms with E-state index in [0.29, 0.717) is 16.8 Å². The van der Waals surface area contributed by atoms with Gasteiger partial charge in [0.15, 0.2) is 11.3 Å². The monoisotopic (exact) mass is 253 g/mol. The van der Waals surface area contributed by atoms with Crippen LogP contribution in [0.5, 0.6) is 0 Å². The minimum absolute atomic E-state index is 0.233. The first-order valence-corrected chi connectivity index (χ1v) is 5.81. The molecule has 0 fully saturated rings. The van der Waals surface area contributed by atoms with Gasteiger partial charge < -0.3 is 9.73 Å². The largest absolute Gasteiger partial charge is 0.449 e. The van der Waals surface area contributed by atoms with E-state index in [1.807, 2.05) is 13.0 Å². The number of anilines is 1. The van der Waals surface area contributed by atoms with Gasteiger partial charge >= 0.3 is 0 Å². The molecule has 3 rings (SSSR count). The number of aromatic nitrogens is 2. The Kier molecular flexibility index (Phi) is 2.72. The van der Waals surface area contributed by atoms with E-state index in [1.54, 1.807) is 36.7 Å². The molecule has 0 atom stereocenters. The number of rotatable bonds is 2. The van der Waals surface area contributed by atoms with Crippen molar-refractivity contribution in [2.45, 2.75) is 6.92 Å². The third-order valence-electron chi connectivity index (χ3n) is 2.66. The Morgan fingerprint density at radius 2 is 2.21 bits per heavy atom. The van der Waals surface area contributed by atoms with E-state index in [1.165, 1.54) is 0 Å². The maximum atomic E-state index is 12.0. The smallest absolute Gasteiger partial charge is 0.291 e. The molecule has 0 saturated heterocycles. The third kappa shape index (κ3) is 2.30. The number of amides is 1. The number of nitrogens with one attached hydrogen (secondary N) is 1. The Morgan fingerprint density at radius 3 is 3.00 bits per heavy atom. The van der Waals surface area contributed by atoms with Gasteiger partial charge in [-0.15, -0.1) is 0 Å². The molecule has 0 aliphatic heterocycles. The average molecular weight is 253 g/mol. The van der Waals surface area contributed by atoms with Gasteiger partial charge in [-0.3, -0.25) is 9.78 Å². The first-order valence-electron chi connectivity index (χ1n) is 5.81. The van der Waals surface area contributed by atoms with Gasteiger partial charge in [0, 0.05) is 18.0 Å². The van der Waals surface area contributed by atoms with E-state index >= 15 is 0 Å². The zero-order chi connectivity index (χ0) is 13.2. The predicted molar refractivity (Wildman–Crippen MR) is 70.9 cm³/mol. The minimum Gasteiger partial charge on any atom is -0.449 e. The van der Waals surface area contributed by atoms with Crippen molar-refractivity contribution in [1.29, 1.82) is 0 Å². The molecule has 0 bridgehead atoms. The van der Waals surface area contributed by atoms with E-state index in [0.717, 1.165) is 5.69 Å². The number of carbonyl (C=O) groups excluding carboxylic acids is 1. The molecule has 3 heterocycles. The summed E-state index contributed by atoms with van der Waals surface area (Å²) >= 11 is 0. The van der Waals surface area contributed by atoms with Gasteiger partial charge in [-0.2, -0.15) is 0 Å². The van der Waals surface area contributed by atoms with Gasteiger partial charge in [0.2, 0.25) is 0 Å². The maximum absolute atomic E-state index is 12.0. The summed E-state index contributed by atoms with van der Waals surface area (Å²) in [4.78, 5) is 20.2. The highest BCUT2D eigenvalue weighted by molar-refractivity contribution is 6.04. The van der Waals surface area contributed by atoms with Gasteiger partial charge in [0.1, 0.15) is 5.52 Å². The number of furan rings is 1. The highest BCUT2D eigenvalue weighted by Gasteiger charge is 2.13. The Bertz CT molecular complexity index is 735. The number of aryl methyl sites for hydroxylation is 1. The van der Waals surface area contributed by atoms with Crippen LogP contribution in [0.3, 0.4) is 0 Å². The fraction of sp³-hybridized carbons (Fsp3) is 0.0714. The van der Waals surface area contributed by atoms with Gasteiger partial charge in [-0.1, -0.05) is 0 Å². The lowest BCUT2D eigenvalue weighted by atomic mass is 10.3. The van der Waals surface area contributed by atoms with Crippen molar-refractivity contribution in [2.24, 2.45) is 0 Å². The predicted octanol–water partition coefficient (Wildman–Crippen LogP) is 2.78. The quantitative estimate of drug-likeness (QED) is 0.762. The minimum atomic E-state index is -0.316. The van der Waals surface area contributed by atoms with Crippen LogP contribution in [-0.4, -0.2) is 15.9 Å². The van der Waals surface area contributed by atoms with E-state index in [4.69, 9.17) is 4.42 Å². The molecule has 0 radical (unpaired) electrons. The first kappa shape index (κ1) is 11.4. The number of hydrogen-bond donors (Lipinski definition) is 1. The van der Waals surface area contributed by atoms with Crippen molar-refractivity contribution in [2.75, 3.05) is 5.32 Å². The summed E-state index contributed by atoms with van der Waals surface area (Å²) in [6.45, 7) is 1.89. The summed E-state index contributed by atoms with van der Waals surface area (Å²) in [7, 11) is 0. The van der Waals surface area contributed by atoms with E-state index in [9.17, 15) is 4.79 Å². The van der Waals surface area contributed by atoms with Crippen molar-refractivity contribution >= 4 is 22.7 Å². The number of fused-ring (bicyclic) bond motifs is 1. The Morgan fingerprint density at radius 1 is 1.32 bits per heavy atom. The Hall–Kier alpha value is -2.69. The molecule has 1 N–H and O–H groups in total. The molecule has 0 aromatic carbocycles. The molecule has 0 aliphatic rings. The van der Waals surface area contributed by atoms with Crippen molar-refractivity contribution in [3.63, 3.8) is 0 Å². The summed E-state index contributed by atoms with van der Waals surface area (Å²) in [5.74, 6) is -0.0828. The number of carbonyl (C=O) groups is 1. The molecule has 1 amide bonds. The van der Waals surface area contributed by atoms with Crippen LogP contribution in [0.25, 0.3) is 11.1 Å². The second-order valence-electron chi connectivity index (χ2n) is 4.14. The Labute approximate surface area is 109 Å². The lowest BCUT2D eigenvalue weighted by Crippen LogP contribution is -2.10. The summed E-state index contributed by atoms with van der Waals surface area (Å²) in [6.07, 6.45) is 3.21. The average Bonchev–Trinajstić information content (AvgIpc) is 2.83. The molecule has 19 heavy (non-hydrogen) atoms. The van der Waals surface area contributed by atoms with Gasteiger partial charge in [0.25, 0.3) is 5.91 Å². The van der Waals surface area contributed by atoms with Crippen molar-refractivity contribution in [3.05, 3.63) is 54.2 Å². The van der Waals surface area contributed by atoms with Crippen molar-refractivity contribution in [3.8, 4) is 0 Å². The number of hydrogen-bond acceptors (Lipinski definition) is 4. The van der Waals surface area contributed by atoms with E-state index < -0.39 is 0 Å². The lowest BCUT2D eigenvalue weighted by molar-refractivity contribution is 0.0998. The van der Waals surface area contributed by atoms with Crippen LogP contribution in [-0.2, 0) is 0 Å². The van der Waals surface area contributed by atoms with Gasteiger partial charge in [-0.05, 0) is 31.2 Å². The molecule has 0 unspecified atom stereocenters. The molecule has 0 aliphatic carbocycles. The summed E-state index contributed by atoms with van der Waals surface area (Å²) in [6, 6.07) is 8.79. The van der Waals surface area contributed by atoms with Crippen molar-refractivity contribution in [1.82, 2.24) is 9.97 Å². The standard InChI is InChI=1S/C14H11N3O2/c1-9-4-5-12-11(16-9)7-13(19-12)14(18)17-10-3-2-6-15-8-10/h2-8H,1H3,(H,17,18). The molecule has 3 aromatic rings. The number of nitrogens with zero attached hydrogens (tertiary/aromatic N) is 2. The first-order chi connectivity index (χ1) is 9.22. The Balaban J connectivity index is 1.89. The SMILES string of the molecule is Cc1ccc2oc(C(=O)Nc3cccnc3)cc2n1. The molecular formula is C14H11N3O2. The fourth-order valence-corrected chi connectivity index (χ4v) is 1.77. The number of pyridine rings is 2. The van der Waals surface area contributed by atoms with Crippen LogP contribution in [0.15, 0.2) is 47.1 Å². The normalized spacial score (nSPS) is 10.6. The van der Waals surface area contributed by atoms with Gasteiger partial charge in [-0.25, -0.2) is 4.98 Å². The highest BCUT2D eigenvalue weighted by Crippen LogP contribution is 2.18. The molecule has 3 aromatic heterocycles. The van der Waals surface area contributed by atoms with E-state index in [2.05, 4.69) is 15.3 Å². The second kappa shape index (κ2) is 4.53. The summed E-state index contributed by atoms with van der Waals surface area (Å²) < 4.78 is 5.46. The molecule has 5 heteroatoms. The molecular weight excluding hydrogens is 242 g/mol. The fourth-order valence-electron chi connectivity index (χ4n) is 1.77. The zero-order valence-corrected chi connectivity index (χ0v) is 10.3. The zero-order valence-electron chi connectivity index (χ0n) is 10.3. The van der Waals surface area contributed by atoms with Crippen LogP contribution in [0.2, 0.25) is 0 Å². The third-order valence-corrected chi connectivity index (χ3v) is 2.66. The summed E-state index contributed by atoms with van der Waals surface area (Å²) in [5.41, 5.74) is 2.78. The molecule has 0 saturated carbocycles. The molecule has 94 valence electrons. The molecule has 0 spiro atoms. The van der Waals surface area contributed by atoms with Crippen LogP contribution in [0.1, 0.15) is 16.2 Å². The highest BCUT2D eigenvalue weighted by atomic mass is 16.3. The van der Waals surface area contributed by atoms with E-state index in [-0.39, 0.29) is 11.7 Å². The lowest BCUT2D eigenvalue weighted by Gasteiger charge is -2.00. The second-order valence-corrected chi connectivity index (χ2v) is 4.14. The van der Waals surface area contributed by atoms with Crippen LogP contribution in [0.4, 0.5) is 5.69 Å². The van der Waals surface area contributed by atoms with Crippen LogP contribution < -0.4 is 5.32 Å². The van der Waals surface area contributed by atoms with Crippen LogP contribution >= 0.6 is 0 Å². The summed E-state index contributed by atoms with van der Waals surface area (Å²) in [5, 5.41) is 2.71. The van der Waals surface area contributed by atoms with Crippen LogP contribution in [0, 0.1) is 6.92 Å². The maximum Gasteiger partial charge on any atom is 0.291 e.